The van der Waals surface area contributed by atoms with Gasteiger partial charge >= 0.3 is 0 Å². The second-order valence-electron chi connectivity index (χ2n) is 6.19. The number of Topliss-reactive ketones (excluding diaryl/α,β-unsaturated/α-hetero) is 1. The van der Waals surface area contributed by atoms with Gasteiger partial charge in [-0.2, -0.15) is 0 Å². The number of carbonyl (C=O) groups excluding carboxylic acids is 1. The van der Waals surface area contributed by atoms with E-state index < -0.39 is 6.04 Å². The minimum absolute atomic E-state index is 0.00516. The van der Waals surface area contributed by atoms with Crippen molar-refractivity contribution in [2.45, 2.75) is 6.04 Å². The number of pyridine rings is 1. The summed E-state index contributed by atoms with van der Waals surface area (Å²) in [7, 11) is 1.57. The SMILES string of the molecule is COc1cc(NC(C(=O)c2c[nH]c3ccccc23)c2ccccc2)ccn1. The molecule has 134 valence electrons. The first-order chi connectivity index (χ1) is 13.3. The summed E-state index contributed by atoms with van der Waals surface area (Å²) in [6.45, 7) is 0. The molecule has 2 N–H and O–H groups in total. The molecule has 1 unspecified atom stereocenters. The monoisotopic (exact) mass is 357 g/mol. The largest absolute Gasteiger partial charge is 0.481 e. The van der Waals surface area contributed by atoms with Gasteiger partial charge in [0.15, 0.2) is 5.78 Å². The highest BCUT2D eigenvalue weighted by molar-refractivity contribution is 6.11. The van der Waals surface area contributed by atoms with Crippen LogP contribution >= 0.6 is 0 Å². The number of methoxy groups -OCH3 is 1. The lowest BCUT2D eigenvalue weighted by molar-refractivity contribution is 0.0971. The molecule has 2 aromatic carbocycles. The number of nitrogens with zero attached hydrogens (tertiary/aromatic N) is 1. The maximum atomic E-state index is 13.4. The topological polar surface area (TPSA) is 67.0 Å². The molecule has 0 bridgehead atoms. The van der Waals surface area contributed by atoms with Crippen LogP contribution in [0.5, 0.6) is 5.88 Å². The number of anilines is 1. The molecule has 27 heavy (non-hydrogen) atoms. The number of hydrogen-bond acceptors (Lipinski definition) is 4. The number of ether oxygens (including phenoxy) is 1. The Bertz CT molecular complexity index is 1070. The van der Waals surface area contributed by atoms with Gasteiger partial charge in [0.1, 0.15) is 6.04 Å². The van der Waals surface area contributed by atoms with Crippen LogP contribution in [0.2, 0.25) is 0 Å². The normalized spacial score (nSPS) is 11.9. The van der Waals surface area contributed by atoms with E-state index in [4.69, 9.17) is 4.74 Å². The molecule has 0 radical (unpaired) electrons. The van der Waals surface area contributed by atoms with Crippen LogP contribution in [0.3, 0.4) is 0 Å². The van der Waals surface area contributed by atoms with E-state index in [-0.39, 0.29) is 5.78 Å². The maximum absolute atomic E-state index is 13.4. The number of carbonyl (C=O) groups is 1. The Morgan fingerprint density at radius 1 is 1.07 bits per heavy atom. The molecule has 0 aliphatic carbocycles. The number of H-pyrrole nitrogens is 1. The number of ketones is 1. The van der Waals surface area contributed by atoms with E-state index in [0.717, 1.165) is 22.2 Å². The van der Waals surface area contributed by atoms with Crippen LogP contribution in [0.25, 0.3) is 10.9 Å². The number of para-hydroxylation sites is 1. The molecule has 0 saturated heterocycles. The second kappa shape index (κ2) is 7.33. The van der Waals surface area contributed by atoms with Crippen LogP contribution < -0.4 is 10.1 Å². The second-order valence-corrected chi connectivity index (χ2v) is 6.19. The van der Waals surface area contributed by atoms with Crippen molar-refractivity contribution in [3.63, 3.8) is 0 Å². The van der Waals surface area contributed by atoms with Gasteiger partial charge in [-0.1, -0.05) is 48.5 Å². The predicted octanol–water partition coefficient (Wildman–Crippen LogP) is 4.61. The van der Waals surface area contributed by atoms with E-state index in [1.807, 2.05) is 60.7 Å². The fourth-order valence-corrected chi connectivity index (χ4v) is 3.15. The Labute approximate surface area is 157 Å². The van der Waals surface area contributed by atoms with Crippen LogP contribution in [-0.2, 0) is 0 Å². The minimum atomic E-state index is -0.530. The van der Waals surface area contributed by atoms with E-state index in [1.54, 1.807) is 25.6 Å². The van der Waals surface area contributed by atoms with Gasteiger partial charge in [0.25, 0.3) is 0 Å². The van der Waals surface area contributed by atoms with Crippen LogP contribution in [0.4, 0.5) is 5.69 Å². The third kappa shape index (κ3) is 3.40. The van der Waals surface area contributed by atoms with Crippen LogP contribution in [0.15, 0.2) is 79.1 Å². The highest BCUT2D eigenvalue weighted by atomic mass is 16.5. The lowest BCUT2D eigenvalue weighted by atomic mass is 9.96. The molecule has 0 fully saturated rings. The Balaban J connectivity index is 1.74. The first-order valence-electron chi connectivity index (χ1n) is 8.68. The summed E-state index contributed by atoms with van der Waals surface area (Å²) in [6, 6.07) is 20.6. The van der Waals surface area contributed by atoms with Gasteiger partial charge in [-0.15, -0.1) is 0 Å². The summed E-state index contributed by atoms with van der Waals surface area (Å²) in [4.78, 5) is 20.8. The van der Waals surface area contributed by atoms with Crippen molar-refractivity contribution in [3.8, 4) is 5.88 Å². The summed E-state index contributed by atoms with van der Waals surface area (Å²) in [5.41, 5.74) is 3.26. The van der Waals surface area contributed by atoms with E-state index in [2.05, 4.69) is 15.3 Å². The van der Waals surface area contributed by atoms with E-state index in [9.17, 15) is 4.79 Å². The third-order valence-electron chi connectivity index (χ3n) is 4.50. The lowest BCUT2D eigenvalue weighted by Gasteiger charge is -2.19. The van der Waals surface area contributed by atoms with Crippen LogP contribution in [0, 0.1) is 0 Å². The number of fused-ring (bicyclic) bond motifs is 1. The number of aromatic amines is 1. The summed E-state index contributed by atoms with van der Waals surface area (Å²) in [5, 5.41) is 4.25. The fraction of sp³-hybridized carbons (Fsp3) is 0.0909. The highest BCUT2D eigenvalue weighted by Crippen LogP contribution is 2.28. The lowest BCUT2D eigenvalue weighted by Crippen LogP contribution is -2.21. The smallest absolute Gasteiger partial charge is 0.214 e. The van der Waals surface area contributed by atoms with E-state index >= 15 is 0 Å². The zero-order chi connectivity index (χ0) is 18.6. The van der Waals surface area contributed by atoms with Crippen molar-refractivity contribution < 1.29 is 9.53 Å². The first kappa shape index (κ1) is 16.8. The van der Waals surface area contributed by atoms with Crippen molar-refractivity contribution in [2.75, 3.05) is 12.4 Å². The van der Waals surface area contributed by atoms with Crippen LogP contribution in [-0.4, -0.2) is 22.9 Å². The van der Waals surface area contributed by atoms with Gasteiger partial charge in [-0.25, -0.2) is 4.98 Å². The van der Waals surface area contributed by atoms with Gasteiger partial charge < -0.3 is 15.0 Å². The van der Waals surface area contributed by atoms with Gasteiger partial charge in [0.05, 0.1) is 7.11 Å². The zero-order valence-electron chi connectivity index (χ0n) is 14.8. The molecule has 4 rings (SSSR count). The maximum Gasteiger partial charge on any atom is 0.214 e. The molecule has 5 nitrogen and oxygen atoms in total. The molecule has 0 aliphatic heterocycles. The Hall–Kier alpha value is -3.60. The zero-order valence-corrected chi connectivity index (χ0v) is 14.8. The molecule has 1 atom stereocenters. The van der Waals surface area contributed by atoms with Crippen molar-refractivity contribution in [3.05, 3.63) is 90.3 Å². The minimum Gasteiger partial charge on any atom is -0.481 e. The molecule has 4 aromatic rings. The molecular formula is C22H19N3O2. The Morgan fingerprint density at radius 3 is 2.67 bits per heavy atom. The highest BCUT2D eigenvalue weighted by Gasteiger charge is 2.24. The Morgan fingerprint density at radius 2 is 1.85 bits per heavy atom. The average molecular weight is 357 g/mol. The number of aromatic nitrogens is 2. The third-order valence-corrected chi connectivity index (χ3v) is 4.50. The summed E-state index contributed by atoms with van der Waals surface area (Å²) in [5.74, 6) is 0.487. The molecule has 0 aliphatic rings. The molecule has 2 aromatic heterocycles. The van der Waals surface area contributed by atoms with E-state index in [1.165, 1.54) is 0 Å². The van der Waals surface area contributed by atoms with Crippen molar-refractivity contribution in [1.29, 1.82) is 0 Å². The van der Waals surface area contributed by atoms with Crippen molar-refractivity contribution in [1.82, 2.24) is 9.97 Å². The molecule has 0 spiro atoms. The number of hydrogen-bond donors (Lipinski definition) is 2. The van der Waals surface area contributed by atoms with Gasteiger partial charge in [0.2, 0.25) is 5.88 Å². The molecule has 5 heteroatoms. The number of nitrogens with one attached hydrogen (secondary N) is 2. The molecular weight excluding hydrogens is 338 g/mol. The molecule has 0 amide bonds. The summed E-state index contributed by atoms with van der Waals surface area (Å²) >= 11 is 0. The van der Waals surface area contributed by atoms with Crippen LogP contribution in [0.1, 0.15) is 22.0 Å². The predicted molar refractivity (Wildman–Crippen MR) is 106 cm³/mol. The quantitative estimate of drug-likeness (QED) is 0.495. The number of benzene rings is 2. The number of rotatable bonds is 6. The summed E-state index contributed by atoms with van der Waals surface area (Å²) < 4.78 is 5.19. The molecule has 2 heterocycles. The average Bonchev–Trinajstić information content (AvgIpc) is 3.16. The van der Waals surface area contributed by atoms with Gasteiger partial charge in [0, 0.05) is 40.6 Å². The van der Waals surface area contributed by atoms with Crippen molar-refractivity contribution >= 4 is 22.4 Å². The molecule has 0 saturated carbocycles. The standard InChI is InChI=1S/C22H19N3O2/c1-27-20-13-16(11-12-23-20)25-21(15-7-3-2-4-8-15)22(26)18-14-24-19-10-6-5-9-17(18)19/h2-14,21,24H,1H3,(H,23,25). The Kier molecular flexibility index (Phi) is 4.58. The van der Waals surface area contributed by atoms with E-state index in [0.29, 0.717) is 11.4 Å². The fourth-order valence-electron chi connectivity index (χ4n) is 3.15. The van der Waals surface area contributed by atoms with Crippen molar-refractivity contribution in [2.24, 2.45) is 0 Å². The summed E-state index contributed by atoms with van der Waals surface area (Å²) in [6.07, 6.45) is 3.43. The van der Waals surface area contributed by atoms with Gasteiger partial charge in [-0.3, -0.25) is 4.79 Å². The first-order valence-corrected chi connectivity index (χ1v) is 8.68. The van der Waals surface area contributed by atoms with Gasteiger partial charge in [-0.05, 0) is 17.7 Å².